The van der Waals surface area contributed by atoms with E-state index in [1.54, 1.807) is 0 Å². The summed E-state index contributed by atoms with van der Waals surface area (Å²) in [5.74, 6) is 0.247. The van der Waals surface area contributed by atoms with Crippen molar-refractivity contribution in [3.63, 3.8) is 0 Å². The molecule has 0 amide bonds. The molecule has 0 saturated heterocycles. The highest BCUT2D eigenvalue weighted by atomic mass is 35.5. The van der Waals surface area contributed by atoms with E-state index < -0.39 is 0 Å². The molecule has 0 aromatic carbocycles. The Kier molecular flexibility index (Phi) is 2.50. The Hall–Kier alpha value is -1.76. The molecule has 0 radical (unpaired) electrons. The lowest BCUT2D eigenvalue weighted by Gasteiger charge is -2.30. The fourth-order valence-electron chi connectivity index (χ4n) is 2.26. The van der Waals surface area contributed by atoms with Gasteiger partial charge < -0.3 is 5.43 Å². The number of rotatable bonds is 0. The molecule has 0 bridgehead atoms. The van der Waals surface area contributed by atoms with Gasteiger partial charge in [0.1, 0.15) is 5.36 Å². The van der Waals surface area contributed by atoms with Crippen molar-refractivity contribution in [3.05, 3.63) is 15.7 Å². The van der Waals surface area contributed by atoms with E-state index in [-0.39, 0.29) is 16.6 Å². The van der Waals surface area contributed by atoms with Crippen LogP contribution in [0.4, 0.5) is 0 Å². The first-order valence-corrected chi connectivity index (χ1v) is 6.39. The molecular formula is C11H14ClN7. The Morgan fingerprint density at radius 1 is 1.37 bits per heavy atom. The molecule has 3 rings (SSSR count). The van der Waals surface area contributed by atoms with E-state index in [4.69, 9.17) is 11.6 Å². The minimum absolute atomic E-state index is 0.184. The Bertz CT molecular complexity index is 776. The van der Waals surface area contributed by atoms with Crippen molar-refractivity contribution in [1.29, 1.82) is 0 Å². The Balaban J connectivity index is 2.56. The van der Waals surface area contributed by atoms with Crippen molar-refractivity contribution in [2.75, 3.05) is 0 Å². The molecule has 2 aromatic rings. The highest BCUT2D eigenvalue weighted by Gasteiger charge is 2.30. The Labute approximate surface area is 114 Å². The fourth-order valence-corrected chi connectivity index (χ4v) is 2.47. The van der Waals surface area contributed by atoms with E-state index in [0.717, 1.165) is 10.8 Å². The van der Waals surface area contributed by atoms with Gasteiger partial charge in [-0.15, -0.1) is 14.8 Å². The zero-order chi connectivity index (χ0) is 13.8. The van der Waals surface area contributed by atoms with Gasteiger partial charge in [0.2, 0.25) is 5.65 Å². The Morgan fingerprint density at radius 2 is 2.11 bits per heavy atom. The average Bonchev–Trinajstić information content (AvgIpc) is 2.78. The second kappa shape index (κ2) is 3.86. The van der Waals surface area contributed by atoms with Gasteiger partial charge >= 0.3 is 0 Å². The standard InChI is InChI=1S/C11H14ClN7/c1-5-6(2)11(3,4)16-13-8-7(5)10-14-17-18-19(10)15-9(8)12/h6,16H,1-4H3/t6-/m0/s1. The molecule has 0 unspecified atom stereocenters. The highest BCUT2D eigenvalue weighted by molar-refractivity contribution is 6.29. The van der Waals surface area contributed by atoms with Crippen LogP contribution in [0.25, 0.3) is 11.2 Å². The summed E-state index contributed by atoms with van der Waals surface area (Å²) in [4.78, 5) is 0. The summed E-state index contributed by atoms with van der Waals surface area (Å²) in [5.41, 5.74) is 4.69. The minimum atomic E-state index is -0.184. The third-order valence-corrected chi connectivity index (χ3v) is 4.13. The summed E-state index contributed by atoms with van der Waals surface area (Å²) >= 11 is 6.18. The zero-order valence-corrected chi connectivity index (χ0v) is 11.9. The number of tetrazole rings is 1. The molecule has 8 heteroatoms. The third kappa shape index (κ3) is 1.68. The molecular weight excluding hydrogens is 266 g/mol. The maximum Gasteiger partial charge on any atom is 0.209 e. The second-order valence-corrected chi connectivity index (χ2v) is 5.71. The topological polar surface area (TPSA) is 80.4 Å². The van der Waals surface area contributed by atoms with Crippen molar-refractivity contribution < 1.29 is 0 Å². The first-order chi connectivity index (χ1) is 8.92. The molecule has 0 fully saturated rings. The van der Waals surface area contributed by atoms with Gasteiger partial charge in [-0.1, -0.05) is 24.1 Å². The average molecular weight is 280 g/mol. The van der Waals surface area contributed by atoms with Crippen molar-refractivity contribution in [2.45, 2.75) is 33.2 Å². The molecule has 1 atom stereocenters. The van der Waals surface area contributed by atoms with Crippen LogP contribution in [0.5, 0.6) is 0 Å². The summed E-state index contributed by atoms with van der Waals surface area (Å²) < 4.78 is 1.34. The van der Waals surface area contributed by atoms with E-state index in [0.29, 0.717) is 11.0 Å². The molecule has 100 valence electrons. The molecule has 0 aliphatic carbocycles. The first kappa shape index (κ1) is 12.3. The normalized spacial score (nSPS) is 21.5. The lowest BCUT2D eigenvalue weighted by molar-refractivity contribution is 0.326. The molecule has 1 N–H and O–H groups in total. The molecule has 7 nitrogen and oxygen atoms in total. The molecule has 0 spiro atoms. The van der Waals surface area contributed by atoms with Crippen LogP contribution in [-0.2, 0) is 0 Å². The highest BCUT2D eigenvalue weighted by Crippen LogP contribution is 2.24. The Morgan fingerprint density at radius 3 is 2.84 bits per heavy atom. The summed E-state index contributed by atoms with van der Waals surface area (Å²) in [7, 11) is 0. The largest absolute Gasteiger partial charge is 0.303 e. The molecule has 3 heterocycles. The summed E-state index contributed by atoms with van der Waals surface area (Å²) in [6.45, 7) is 8.38. The smallest absolute Gasteiger partial charge is 0.209 e. The molecule has 1 aliphatic rings. The van der Waals surface area contributed by atoms with Crippen LogP contribution in [-0.4, -0.2) is 30.8 Å². The molecule has 0 saturated carbocycles. The van der Waals surface area contributed by atoms with Crippen molar-refractivity contribution in [3.8, 4) is 0 Å². The van der Waals surface area contributed by atoms with E-state index >= 15 is 0 Å². The predicted octanol–water partition coefficient (Wildman–Crippen LogP) is -0.104. The maximum absolute atomic E-state index is 6.18. The second-order valence-electron chi connectivity index (χ2n) is 5.36. The van der Waals surface area contributed by atoms with E-state index in [1.807, 2.05) is 0 Å². The van der Waals surface area contributed by atoms with Crippen LogP contribution in [0.15, 0.2) is 5.10 Å². The van der Waals surface area contributed by atoms with E-state index in [9.17, 15) is 0 Å². The van der Waals surface area contributed by atoms with Crippen LogP contribution >= 0.6 is 11.6 Å². The van der Waals surface area contributed by atoms with Crippen molar-refractivity contribution in [1.82, 2.24) is 30.7 Å². The summed E-state index contributed by atoms with van der Waals surface area (Å²) in [5, 5.41) is 21.7. The van der Waals surface area contributed by atoms with Crippen LogP contribution < -0.4 is 16.0 Å². The lowest BCUT2D eigenvalue weighted by Crippen LogP contribution is -2.41. The summed E-state index contributed by atoms with van der Waals surface area (Å²) in [6, 6.07) is 0. The zero-order valence-electron chi connectivity index (χ0n) is 11.1. The first-order valence-electron chi connectivity index (χ1n) is 6.01. The molecule has 2 aromatic heterocycles. The van der Waals surface area contributed by atoms with Gasteiger partial charge in [-0.25, -0.2) is 0 Å². The number of hydrogen-bond acceptors (Lipinski definition) is 6. The fraction of sp³-hybridized carbons (Fsp3) is 0.545. The van der Waals surface area contributed by atoms with Gasteiger partial charge in [-0.2, -0.15) is 5.10 Å². The molecule has 1 aliphatic heterocycles. The van der Waals surface area contributed by atoms with E-state index in [1.165, 1.54) is 4.63 Å². The summed E-state index contributed by atoms with van der Waals surface area (Å²) in [6.07, 6.45) is 0. The predicted molar refractivity (Wildman–Crippen MR) is 69.8 cm³/mol. The van der Waals surface area contributed by atoms with Crippen molar-refractivity contribution >= 4 is 22.8 Å². The SMILES string of the molecule is CC1=c2c(c(Cl)nn3nnnc23)=NNC(C)(C)[C@H]1C. The number of nitrogens with one attached hydrogen (secondary N) is 1. The van der Waals surface area contributed by atoms with Crippen LogP contribution in [0.2, 0.25) is 5.15 Å². The number of aromatic nitrogens is 5. The van der Waals surface area contributed by atoms with Crippen LogP contribution in [0, 0.1) is 5.92 Å². The van der Waals surface area contributed by atoms with Gasteiger partial charge in [-0.05, 0) is 31.2 Å². The van der Waals surface area contributed by atoms with Gasteiger partial charge in [0, 0.05) is 5.92 Å². The number of hydrogen-bond donors (Lipinski definition) is 1. The van der Waals surface area contributed by atoms with Gasteiger partial charge in [0.15, 0.2) is 5.15 Å². The van der Waals surface area contributed by atoms with Gasteiger partial charge in [0.05, 0.1) is 10.8 Å². The minimum Gasteiger partial charge on any atom is -0.303 e. The number of nitrogens with zero attached hydrogens (tertiary/aromatic N) is 6. The molecule has 19 heavy (non-hydrogen) atoms. The number of halogens is 1. The van der Waals surface area contributed by atoms with Crippen LogP contribution in [0.1, 0.15) is 27.7 Å². The number of fused-ring (bicyclic) bond motifs is 3. The van der Waals surface area contributed by atoms with Gasteiger partial charge in [0.25, 0.3) is 0 Å². The monoisotopic (exact) mass is 279 g/mol. The lowest BCUT2D eigenvalue weighted by atomic mass is 9.84. The van der Waals surface area contributed by atoms with Crippen LogP contribution in [0.3, 0.4) is 0 Å². The quantitative estimate of drug-likeness (QED) is 0.728. The third-order valence-electron chi connectivity index (χ3n) is 3.87. The van der Waals surface area contributed by atoms with Crippen molar-refractivity contribution in [2.24, 2.45) is 11.0 Å². The van der Waals surface area contributed by atoms with E-state index in [2.05, 4.69) is 58.8 Å². The van der Waals surface area contributed by atoms with Gasteiger partial charge in [-0.3, -0.25) is 0 Å². The maximum atomic E-state index is 6.18.